The van der Waals surface area contributed by atoms with Gasteiger partial charge in [-0.1, -0.05) is 30.7 Å². The van der Waals surface area contributed by atoms with Crippen LogP contribution in [-0.2, 0) is 12.3 Å². The van der Waals surface area contributed by atoms with E-state index in [0.717, 1.165) is 5.56 Å². The number of benzene rings is 2. The van der Waals surface area contributed by atoms with Crippen molar-refractivity contribution in [2.75, 3.05) is 0 Å². The molecule has 2 aromatic carbocycles. The summed E-state index contributed by atoms with van der Waals surface area (Å²) in [5.41, 5.74) is 1.40. The van der Waals surface area contributed by atoms with Crippen molar-refractivity contribution in [3.63, 3.8) is 0 Å². The summed E-state index contributed by atoms with van der Waals surface area (Å²) >= 11 is 11.9. The van der Waals surface area contributed by atoms with Crippen LogP contribution in [0.4, 0.5) is 5.69 Å². The molecule has 0 spiro atoms. The lowest BCUT2D eigenvalue weighted by atomic mass is 10.1. The van der Waals surface area contributed by atoms with E-state index in [1.807, 2.05) is 6.92 Å². The second-order valence-corrected chi connectivity index (χ2v) is 5.04. The molecule has 110 valence electrons. The van der Waals surface area contributed by atoms with Gasteiger partial charge < -0.3 is 4.74 Å². The molecular weight excluding hydrogens is 313 g/mol. The molecule has 4 nitrogen and oxygen atoms in total. The minimum Gasteiger partial charge on any atom is -0.450 e. The molecule has 0 radical (unpaired) electrons. The predicted molar refractivity (Wildman–Crippen MR) is 83.6 cm³/mol. The summed E-state index contributed by atoms with van der Waals surface area (Å²) in [6.07, 6.45) is 0.714. The van der Waals surface area contributed by atoms with E-state index in [2.05, 4.69) is 0 Å². The lowest BCUT2D eigenvalue weighted by Gasteiger charge is -2.11. The van der Waals surface area contributed by atoms with Crippen molar-refractivity contribution >= 4 is 28.9 Å². The molecule has 2 aromatic rings. The van der Waals surface area contributed by atoms with Crippen molar-refractivity contribution in [2.24, 2.45) is 0 Å². The number of halogens is 2. The normalized spacial score (nSPS) is 10.4. The monoisotopic (exact) mass is 325 g/mol. The topological polar surface area (TPSA) is 52.4 Å². The highest BCUT2D eigenvalue weighted by Gasteiger charge is 2.18. The SMILES string of the molecule is CCc1ccc(Oc2cccc(Cl)c2CCl)c([N+](=O)[O-])c1. The maximum Gasteiger partial charge on any atom is 0.311 e. The van der Waals surface area contributed by atoms with Crippen LogP contribution in [0.1, 0.15) is 18.1 Å². The number of aryl methyl sites for hydroxylation is 1. The van der Waals surface area contributed by atoms with Gasteiger partial charge in [-0.05, 0) is 30.2 Å². The number of ether oxygens (including phenoxy) is 1. The highest BCUT2D eigenvalue weighted by atomic mass is 35.5. The fourth-order valence-corrected chi connectivity index (χ4v) is 2.47. The Morgan fingerprint density at radius 3 is 2.62 bits per heavy atom. The summed E-state index contributed by atoms with van der Waals surface area (Å²) in [6.45, 7) is 1.93. The zero-order chi connectivity index (χ0) is 15.4. The molecule has 2 rings (SSSR count). The van der Waals surface area contributed by atoms with Crippen molar-refractivity contribution < 1.29 is 9.66 Å². The first-order valence-electron chi connectivity index (χ1n) is 6.35. The zero-order valence-electron chi connectivity index (χ0n) is 11.3. The van der Waals surface area contributed by atoms with E-state index >= 15 is 0 Å². The number of nitro groups is 1. The summed E-state index contributed by atoms with van der Waals surface area (Å²) in [7, 11) is 0. The van der Waals surface area contributed by atoms with Crippen LogP contribution in [0.2, 0.25) is 5.02 Å². The molecule has 0 aromatic heterocycles. The van der Waals surface area contributed by atoms with Crippen LogP contribution >= 0.6 is 23.2 Å². The number of hydrogen-bond donors (Lipinski definition) is 0. The molecule has 0 N–H and O–H groups in total. The van der Waals surface area contributed by atoms with Gasteiger partial charge in [0, 0.05) is 16.7 Å². The number of alkyl halides is 1. The number of nitro benzene ring substituents is 1. The molecule has 0 amide bonds. The molecule has 0 aliphatic carbocycles. The van der Waals surface area contributed by atoms with Gasteiger partial charge >= 0.3 is 5.69 Å². The van der Waals surface area contributed by atoms with Gasteiger partial charge in [0.25, 0.3) is 0 Å². The van der Waals surface area contributed by atoms with E-state index in [4.69, 9.17) is 27.9 Å². The molecular formula is C15H13Cl2NO3. The Balaban J connectivity index is 2.44. The van der Waals surface area contributed by atoms with Gasteiger partial charge in [0.05, 0.1) is 10.8 Å². The molecule has 0 bridgehead atoms. The molecule has 0 unspecified atom stereocenters. The van der Waals surface area contributed by atoms with Crippen LogP contribution in [0.5, 0.6) is 11.5 Å². The van der Waals surface area contributed by atoms with Gasteiger partial charge in [0.15, 0.2) is 0 Å². The molecule has 0 aliphatic rings. The Morgan fingerprint density at radius 1 is 1.24 bits per heavy atom. The second kappa shape index (κ2) is 6.78. The molecule has 0 saturated carbocycles. The maximum atomic E-state index is 11.2. The number of rotatable bonds is 5. The Labute approximate surface area is 132 Å². The molecule has 0 aliphatic heterocycles. The quantitative estimate of drug-likeness (QED) is 0.423. The summed E-state index contributed by atoms with van der Waals surface area (Å²) in [6, 6.07) is 9.99. The molecule has 0 saturated heterocycles. The summed E-state index contributed by atoms with van der Waals surface area (Å²) in [5, 5.41) is 11.6. The first-order chi connectivity index (χ1) is 10.1. The van der Waals surface area contributed by atoms with E-state index < -0.39 is 4.92 Å². The number of hydrogen-bond acceptors (Lipinski definition) is 3. The lowest BCUT2D eigenvalue weighted by Crippen LogP contribution is -1.97. The highest BCUT2D eigenvalue weighted by molar-refractivity contribution is 6.32. The van der Waals surface area contributed by atoms with Crippen LogP contribution in [0.25, 0.3) is 0 Å². The van der Waals surface area contributed by atoms with Crippen LogP contribution in [0.3, 0.4) is 0 Å². The van der Waals surface area contributed by atoms with E-state index in [0.29, 0.717) is 22.8 Å². The zero-order valence-corrected chi connectivity index (χ0v) is 12.8. The summed E-state index contributed by atoms with van der Waals surface area (Å²) in [4.78, 5) is 10.7. The third-order valence-electron chi connectivity index (χ3n) is 3.06. The highest BCUT2D eigenvalue weighted by Crippen LogP contribution is 2.36. The first kappa shape index (κ1) is 15.6. The van der Waals surface area contributed by atoms with Crippen molar-refractivity contribution in [3.05, 3.63) is 62.7 Å². The van der Waals surface area contributed by atoms with Gasteiger partial charge in [-0.2, -0.15) is 0 Å². The standard InChI is InChI=1S/C15H13Cl2NO3/c1-2-10-6-7-15(13(8-10)18(19)20)21-14-5-3-4-12(17)11(14)9-16/h3-8H,2,9H2,1H3. The average molecular weight is 326 g/mol. The van der Waals surface area contributed by atoms with E-state index in [1.165, 1.54) is 6.07 Å². The third-order valence-corrected chi connectivity index (χ3v) is 3.68. The largest absolute Gasteiger partial charge is 0.450 e. The van der Waals surface area contributed by atoms with E-state index in [1.54, 1.807) is 30.3 Å². The van der Waals surface area contributed by atoms with Crippen LogP contribution < -0.4 is 4.74 Å². The van der Waals surface area contributed by atoms with E-state index in [-0.39, 0.29) is 17.3 Å². The maximum absolute atomic E-state index is 11.2. The van der Waals surface area contributed by atoms with Gasteiger partial charge in [-0.3, -0.25) is 10.1 Å². The Morgan fingerprint density at radius 2 is 2.00 bits per heavy atom. The van der Waals surface area contributed by atoms with Crippen LogP contribution in [0.15, 0.2) is 36.4 Å². The fourth-order valence-electron chi connectivity index (χ4n) is 1.89. The molecule has 21 heavy (non-hydrogen) atoms. The van der Waals surface area contributed by atoms with Gasteiger partial charge in [0.1, 0.15) is 5.75 Å². The smallest absolute Gasteiger partial charge is 0.311 e. The number of nitrogens with zero attached hydrogens (tertiary/aromatic N) is 1. The first-order valence-corrected chi connectivity index (χ1v) is 7.26. The minimum absolute atomic E-state index is 0.0742. The van der Waals surface area contributed by atoms with Crippen molar-refractivity contribution in [1.29, 1.82) is 0 Å². The Kier molecular flexibility index (Phi) is 5.04. The van der Waals surface area contributed by atoms with Crippen molar-refractivity contribution in [3.8, 4) is 11.5 Å². The van der Waals surface area contributed by atoms with Crippen molar-refractivity contribution in [2.45, 2.75) is 19.2 Å². The minimum atomic E-state index is -0.459. The third kappa shape index (κ3) is 3.46. The molecule has 6 heteroatoms. The van der Waals surface area contributed by atoms with Gasteiger partial charge in [0.2, 0.25) is 5.75 Å². The average Bonchev–Trinajstić information content (AvgIpc) is 2.47. The summed E-state index contributed by atoms with van der Waals surface area (Å²) < 4.78 is 5.66. The van der Waals surface area contributed by atoms with E-state index in [9.17, 15) is 10.1 Å². The molecule has 0 fully saturated rings. The van der Waals surface area contributed by atoms with Gasteiger partial charge in [-0.15, -0.1) is 11.6 Å². The lowest BCUT2D eigenvalue weighted by molar-refractivity contribution is -0.385. The Bertz CT molecular complexity index is 674. The van der Waals surface area contributed by atoms with Gasteiger partial charge in [-0.25, -0.2) is 0 Å². The molecule has 0 atom stereocenters. The van der Waals surface area contributed by atoms with Crippen molar-refractivity contribution in [1.82, 2.24) is 0 Å². The second-order valence-electron chi connectivity index (χ2n) is 4.36. The molecule has 0 heterocycles. The fraction of sp³-hybridized carbons (Fsp3) is 0.200. The predicted octanol–water partition coefficient (Wildman–Crippen LogP) is 5.34. The summed E-state index contributed by atoms with van der Waals surface area (Å²) in [5.74, 6) is 0.756. The Hall–Kier alpha value is -1.78. The van der Waals surface area contributed by atoms with Crippen LogP contribution in [-0.4, -0.2) is 4.92 Å². The van der Waals surface area contributed by atoms with Crippen LogP contribution in [0, 0.1) is 10.1 Å².